The van der Waals surface area contributed by atoms with Crippen LogP contribution >= 0.6 is 11.6 Å². The number of halogens is 1. The predicted molar refractivity (Wildman–Crippen MR) is 60.2 cm³/mol. The fourth-order valence-electron chi connectivity index (χ4n) is 1.04. The molecule has 3 N–H and O–H groups in total. The Morgan fingerprint density at radius 2 is 2.44 bits per heavy atom. The van der Waals surface area contributed by atoms with E-state index in [0.29, 0.717) is 11.7 Å². The lowest BCUT2D eigenvalue weighted by Crippen LogP contribution is -2.21. The zero-order chi connectivity index (χ0) is 12.0. The summed E-state index contributed by atoms with van der Waals surface area (Å²) in [5.74, 6) is 0. The molecule has 0 saturated carbocycles. The quantitative estimate of drug-likeness (QED) is 0.455. The molecule has 0 saturated heterocycles. The van der Waals surface area contributed by atoms with Crippen LogP contribution in [0, 0.1) is 10.1 Å². The van der Waals surface area contributed by atoms with E-state index < -0.39 is 4.92 Å². The second kappa shape index (κ2) is 6.04. The lowest BCUT2D eigenvalue weighted by molar-refractivity contribution is -0.403. The monoisotopic (exact) mass is 242 g/mol. The van der Waals surface area contributed by atoms with Crippen LogP contribution < -0.4 is 11.1 Å². The maximum Gasteiger partial charge on any atom is 0.254 e. The molecule has 6 nitrogen and oxygen atoms in total. The normalized spacial score (nSPS) is 11.4. The highest BCUT2D eigenvalue weighted by Crippen LogP contribution is 2.04. The average Bonchev–Trinajstić information content (AvgIpc) is 2.20. The number of aromatic nitrogens is 1. The molecule has 0 bridgehead atoms. The molecule has 0 aromatic carbocycles. The van der Waals surface area contributed by atoms with Crippen molar-refractivity contribution in [1.82, 2.24) is 10.3 Å². The first-order valence-corrected chi connectivity index (χ1v) is 4.86. The first kappa shape index (κ1) is 12.4. The molecule has 1 heterocycles. The van der Waals surface area contributed by atoms with Gasteiger partial charge in [0.05, 0.1) is 10.6 Å². The van der Waals surface area contributed by atoms with Crippen molar-refractivity contribution < 1.29 is 4.92 Å². The van der Waals surface area contributed by atoms with Gasteiger partial charge >= 0.3 is 0 Å². The summed E-state index contributed by atoms with van der Waals surface area (Å²) in [6.07, 6.45) is 2.40. The van der Waals surface area contributed by atoms with Crippen molar-refractivity contribution in [1.29, 1.82) is 0 Å². The molecule has 0 aliphatic carbocycles. The number of pyridine rings is 1. The molecule has 1 aromatic rings. The van der Waals surface area contributed by atoms with Crippen LogP contribution in [0.3, 0.4) is 0 Å². The Morgan fingerprint density at radius 1 is 1.69 bits per heavy atom. The van der Waals surface area contributed by atoms with Gasteiger partial charge in [-0.2, -0.15) is 0 Å². The summed E-state index contributed by atoms with van der Waals surface area (Å²) in [6, 6.07) is 3.49. The van der Waals surface area contributed by atoms with Crippen molar-refractivity contribution in [2.24, 2.45) is 5.73 Å². The number of nitrogens with two attached hydrogens (primary N) is 1. The van der Waals surface area contributed by atoms with Gasteiger partial charge in [-0.3, -0.25) is 10.1 Å². The fourth-order valence-corrected chi connectivity index (χ4v) is 1.16. The van der Waals surface area contributed by atoms with Crippen LogP contribution in [-0.4, -0.2) is 16.5 Å². The molecule has 7 heteroatoms. The highest BCUT2D eigenvalue weighted by molar-refractivity contribution is 6.29. The van der Waals surface area contributed by atoms with Crippen LogP contribution in [0.4, 0.5) is 0 Å². The summed E-state index contributed by atoms with van der Waals surface area (Å²) >= 11 is 5.62. The van der Waals surface area contributed by atoms with Crippen LogP contribution in [0.5, 0.6) is 0 Å². The van der Waals surface area contributed by atoms with E-state index in [9.17, 15) is 10.1 Å². The average molecular weight is 243 g/mol. The molecule has 0 unspecified atom stereocenters. The number of hydrogen-bond acceptors (Lipinski definition) is 5. The summed E-state index contributed by atoms with van der Waals surface area (Å²) in [6.45, 7) is 0.778. The summed E-state index contributed by atoms with van der Waals surface area (Å²) in [5.41, 5.74) is 6.49. The van der Waals surface area contributed by atoms with Crippen molar-refractivity contribution in [2.45, 2.75) is 6.54 Å². The number of rotatable bonds is 5. The predicted octanol–water partition coefficient (Wildman–Crippen LogP) is 0.901. The Hall–Kier alpha value is -1.66. The van der Waals surface area contributed by atoms with Gasteiger partial charge in [0.1, 0.15) is 5.15 Å². The third-order valence-corrected chi connectivity index (χ3v) is 1.94. The Balaban J connectivity index is 2.36. The molecule has 0 aliphatic heterocycles. The Labute approximate surface area is 97.3 Å². The molecule has 1 rings (SSSR count). The lowest BCUT2D eigenvalue weighted by atomic mass is 10.3. The molecule has 0 spiro atoms. The standard InChI is InChI=1S/C9H11ClN4O2/c10-9-2-1-7(4-13-9)3-12-5-8(11)6-14(15)16/h1-2,4,6,12H,3,5,11H2. The van der Waals surface area contributed by atoms with Gasteiger partial charge in [-0.15, -0.1) is 0 Å². The molecule has 1 aromatic heterocycles. The Kier molecular flexibility index (Phi) is 4.68. The third kappa shape index (κ3) is 4.72. The molecule has 0 aliphatic rings. The van der Waals surface area contributed by atoms with Gasteiger partial charge < -0.3 is 11.1 Å². The van der Waals surface area contributed by atoms with E-state index in [2.05, 4.69) is 10.3 Å². The van der Waals surface area contributed by atoms with E-state index in [1.165, 1.54) is 0 Å². The minimum Gasteiger partial charge on any atom is -0.396 e. The zero-order valence-electron chi connectivity index (χ0n) is 8.39. The number of nitrogens with zero attached hydrogens (tertiary/aromatic N) is 2. The maximum atomic E-state index is 10.1. The number of hydrogen-bond donors (Lipinski definition) is 2. The maximum absolute atomic E-state index is 10.1. The van der Waals surface area contributed by atoms with Gasteiger partial charge in [0.25, 0.3) is 6.20 Å². The SMILES string of the molecule is NC(=C[N+](=O)[O-])CNCc1ccc(Cl)nc1. The zero-order valence-corrected chi connectivity index (χ0v) is 9.15. The van der Waals surface area contributed by atoms with Gasteiger partial charge in [-0.05, 0) is 11.6 Å². The van der Waals surface area contributed by atoms with Gasteiger partial charge in [0.15, 0.2) is 0 Å². The second-order valence-corrected chi connectivity index (χ2v) is 3.47. The van der Waals surface area contributed by atoms with Gasteiger partial charge in [-0.1, -0.05) is 17.7 Å². The van der Waals surface area contributed by atoms with E-state index in [4.69, 9.17) is 17.3 Å². The number of nitro groups is 1. The molecule has 0 atom stereocenters. The van der Waals surface area contributed by atoms with Gasteiger partial charge in [0, 0.05) is 19.3 Å². The molecule has 86 valence electrons. The van der Waals surface area contributed by atoms with E-state index in [-0.39, 0.29) is 12.2 Å². The number of nitrogens with one attached hydrogen (secondary N) is 1. The van der Waals surface area contributed by atoms with Crippen LogP contribution in [-0.2, 0) is 6.54 Å². The fraction of sp³-hybridized carbons (Fsp3) is 0.222. The van der Waals surface area contributed by atoms with Crippen molar-refractivity contribution in [3.8, 4) is 0 Å². The van der Waals surface area contributed by atoms with Gasteiger partial charge in [0.2, 0.25) is 0 Å². The minimum absolute atomic E-state index is 0.173. The van der Waals surface area contributed by atoms with E-state index in [1.807, 2.05) is 6.07 Å². The molecule has 0 fully saturated rings. The summed E-state index contributed by atoms with van der Waals surface area (Å²) in [4.78, 5) is 13.4. The molecule has 16 heavy (non-hydrogen) atoms. The van der Waals surface area contributed by atoms with E-state index in [0.717, 1.165) is 11.8 Å². The van der Waals surface area contributed by atoms with Crippen LogP contribution in [0.15, 0.2) is 30.2 Å². The van der Waals surface area contributed by atoms with Crippen molar-refractivity contribution in [2.75, 3.05) is 6.54 Å². The largest absolute Gasteiger partial charge is 0.396 e. The first-order chi connectivity index (χ1) is 7.58. The lowest BCUT2D eigenvalue weighted by Gasteiger charge is -2.03. The van der Waals surface area contributed by atoms with E-state index >= 15 is 0 Å². The Morgan fingerprint density at radius 3 is 3.00 bits per heavy atom. The van der Waals surface area contributed by atoms with Crippen LogP contribution in [0.2, 0.25) is 5.15 Å². The van der Waals surface area contributed by atoms with Crippen LogP contribution in [0.25, 0.3) is 0 Å². The van der Waals surface area contributed by atoms with Crippen molar-refractivity contribution in [3.63, 3.8) is 0 Å². The van der Waals surface area contributed by atoms with Crippen molar-refractivity contribution >= 4 is 11.6 Å². The minimum atomic E-state index is -0.582. The second-order valence-electron chi connectivity index (χ2n) is 3.08. The molecular formula is C9H11ClN4O2. The topological polar surface area (TPSA) is 94.1 Å². The molecule has 0 radical (unpaired) electrons. The molecular weight excluding hydrogens is 232 g/mol. The third-order valence-electron chi connectivity index (χ3n) is 1.72. The smallest absolute Gasteiger partial charge is 0.254 e. The van der Waals surface area contributed by atoms with Crippen LogP contribution in [0.1, 0.15) is 5.56 Å². The van der Waals surface area contributed by atoms with Crippen molar-refractivity contribution in [3.05, 3.63) is 51.1 Å². The highest BCUT2D eigenvalue weighted by Gasteiger charge is 1.98. The van der Waals surface area contributed by atoms with Gasteiger partial charge in [-0.25, -0.2) is 4.98 Å². The van der Waals surface area contributed by atoms with E-state index in [1.54, 1.807) is 12.3 Å². The highest BCUT2D eigenvalue weighted by atomic mass is 35.5. The first-order valence-electron chi connectivity index (χ1n) is 4.49. The summed E-state index contributed by atoms with van der Waals surface area (Å²) < 4.78 is 0. The Bertz CT molecular complexity index is 391. The summed E-state index contributed by atoms with van der Waals surface area (Å²) in [7, 11) is 0. The molecule has 0 amide bonds. The summed E-state index contributed by atoms with van der Waals surface area (Å²) in [5, 5.41) is 13.4.